The van der Waals surface area contributed by atoms with Crippen LogP contribution in [0.3, 0.4) is 0 Å². The fourth-order valence-corrected chi connectivity index (χ4v) is 1.06. The van der Waals surface area contributed by atoms with E-state index in [1.165, 1.54) is 11.8 Å². The van der Waals surface area contributed by atoms with Crippen molar-refractivity contribution >= 4 is 0 Å². The van der Waals surface area contributed by atoms with Crippen molar-refractivity contribution in [2.45, 2.75) is 20.0 Å². The molecule has 0 aliphatic rings. The zero-order chi connectivity index (χ0) is 8.81. The summed E-state index contributed by atoms with van der Waals surface area (Å²) in [7, 11) is 0. The fourth-order valence-electron chi connectivity index (χ4n) is 1.06. The molecule has 0 atom stereocenters. The predicted octanol–water partition coefficient (Wildman–Crippen LogP) is 2.30. The zero-order valence-electron chi connectivity index (χ0n) is 7.29. The summed E-state index contributed by atoms with van der Waals surface area (Å²) in [5.74, 6) is 0. The number of nitrogens with zero attached hydrogens (tertiary/aromatic N) is 1. The summed E-state index contributed by atoms with van der Waals surface area (Å²) >= 11 is 0. The molecule has 0 saturated carbocycles. The Balaban J connectivity index is 2.74. The second-order valence-electron chi connectivity index (χ2n) is 2.44. The van der Waals surface area contributed by atoms with Gasteiger partial charge in [0.25, 0.3) is 0 Å². The second kappa shape index (κ2) is 4.54. The largest absolute Gasteiger partial charge is 0.496 e. The zero-order valence-corrected chi connectivity index (χ0v) is 7.29. The van der Waals surface area contributed by atoms with Gasteiger partial charge < -0.3 is 4.74 Å². The third kappa shape index (κ3) is 2.09. The van der Waals surface area contributed by atoms with Crippen molar-refractivity contribution in [3.8, 4) is 0 Å². The number of pyridine rings is 1. The van der Waals surface area contributed by atoms with E-state index in [4.69, 9.17) is 4.74 Å². The highest BCUT2D eigenvalue weighted by Gasteiger charge is 1.99. The molecule has 2 nitrogen and oxygen atoms in total. The van der Waals surface area contributed by atoms with Crippen molar-refractivity contribution in [1.29, 1.82) is 0 Å². The first-order chi connectivity index (χ1) is 5.88. The van der Waals surface area contributed by atoms with E-state index in [0.717, 1.165) is 12.1 Å². The number of rotatable bonds is 4. The lowest BCUT2D eigenvalue weighted by Crippen LogP contribution is -1.96. The molecule has 1 heterocycles. The summed E-state index contributed by atoms with van der Waals surface area (Å²) in [4.78, 5) is 4.21. The van der Waals surface area contributed by atoms with E-state index in [0.29, 0.717) is 6.61 Å². The molecule has 0 bridgehead atoms. The Hall–Kier alpha value is -1.31. The molecule has 1 aromatic rings. The number of aromatic nitrogens is 1. The maximum atomic E-state index is 5.06. The van der Waals surface area contributed by atoms with Gasteiger partial charge in [-0.15, -0.1) is 0 Å². The molecule has 1 rings (SSSR count). The molecular formula is C10H13NO. The van der Waals surface area contributed by atoms with Gasteiger partial charge in [-0.05, 0) is 18.1 Å². The molecule has 1 aromatic heterocycles. The first-order valence-electron chi connectivity index (χ1n) is 4.03. The fraction of sp³-hybridized carbons (Fsp3) is 0.300. The Kier molecular flexibility index (Phi) is 3.33. The molecule has 0 N–H and O–H groups in total. The quantitative estimate of drug-likeness (QED) is 0.635. The average molecular weight is 163 g/mol. The molecule has 0 fully saturated rings. The normalized spacial score (nSPS) is 9.42. The molecule has 0 radical (unpaired) electrons. The molecule has 64 valence electrons. The van der Waals surface area contributed by atoms with E-state index in [1.54, 1.807) is 6.20 Å². The summed E-state index contributed by atoms with van der Waals surface area (Å²) in [5.41, 5.74) is 2.24. The predicted molar refractivity (Wildman–Crippen MR) is 48.6 cm³/mol. The van der Waals surface area contributed by atoms with Crippen LogP contribution in [0.2, 0.25) is 0 Å². The summed E-state index contributed by atoms with van der Waals surface area (Å²) in [6.07, 6.45) is 4.21. The third-order valence-corrected chi connectivity index (χ3v) is 1.70. The third-order valence-electron chi connectivity index (χ3n) is 1.70. The van der Waals surface area contributed by atoms with Crippen molar-refractivity contribution in [1.82, 2.24) is 4.98 Å². The van der Waals surface area contributed by atoms with E-state index >= 15 is 0 Å². The van der Waals surface area contributed by atoms with E-state index in [9.17, 15) is 0 Å². The molecule has 0 aliphatic heterocycles. The maximum Gasteiger partial charge on any atom is 0.130 e. The van der Waals surface area contributed by atoms with Gasteiger partial charge in [0.15, 0.2) is 0 Å². The van der Waals surface area contributed by atoms with Gasteiger partial charge in [-0.2, -0.15) is 0 Å². The van der Waals surface area contributed by atoms with Crippen LogP contribution in [0.15, 0.2) is 31.2 Å². The van der Waals surface area contributed by atoms with E-state index in [2.05, 4.69) is 24.6 Å². The van der Waals surface area contributed by atoms with Gasteiger partial charge in [0.2, 0.25) is 0 Å². The van der Waals surface area contributed by atoms with Crippen LogP contribution in [0.1, 0.15) is 18.2 Å². The van der Waals surface area contributed by atoms with Crippen LogP contribution in [-0.2, 0) is 17.8 Å². The summed E-state index contributed by atoms with van der Waals surface area (Å²) in [5, 5.41) is 0. The smallest absolute Gasteiger partial charge is 0.130 e. The van der Waals surface area contributed by atoms with Crippen molar-refractivity contribution in [3.63, 3.8) is 0 Å². The van der Waals surface area contributed by atoms with Crippen LogP contribution < -0.4 is 0 Å². The number of ether oxygens (including phenoxy) is 1. The summed E-state index contributed by atoms with van der Waals surface area (Å²) in [6, 6.07) is 4.00. The lowest BCUT2D eigenvalue weighted by atomic mass is 10.1. The van der Waals surface area contributed by atoms with Crippen molar-refractivity contribution in [3.05, 3.63) is 42.4 Å². The van der Waals surface area contributed by atoms with Crippen LogP contribution in [-0.4, -0.2) is 4.98 Å². The van der Waals surface area contributed by atoms with E-state index in [-0.39, 0.29) is 0 Å². The molecule has 0 saturated heterocycles. The highest BCUT2D eigenvalue weighted by molar-refractivity contribution is 5.18. The van der Waals surface area contributed by atoms with Crippen molar-refractivity contribution in [2.75, 3.05) is 0 Å². The minimum atomic E-state index is 0.521. The Morgan fingerprint density at radius 2 is 2.50 bits per heavy atom. The van der Waals surface area contributed by atoms with Gasteiger partial charge in [0.05, 0.1) is 12.0 Å². The van der Waals surface area contributed by atoms with Gasteiger partial charge in [0.1, 0.15) is 6.61 Å². The van der Waals surface area contributed by atoms with Crippen molar-refractivity contribution < 1.29 is 4.74 Å². The lowest BCUT2D eigenvalue weighted by molar-refractivity contribution is 0.232. The minimum Gasteiger partial charge on any atom is -0.496 e. The number of hydrogen-bond acceptors (Lipinski definition) is 2. The first-order valence-corrected chi connectivity index (χ1v) is 4.03. The molecule has 0 amide bonds. The number of aryl methyl sites for hydroxylation is 1. The highest BCUT2D eigenvalue weighted by atomic mass is 16.5. The van der Waals surface area contributed by atoms with Crippen LogP contribution in [0.25, 0.3) is 0 Å². The maximum absolute atomic E-state index is 5.06. The van der Waals surface area contributed by atoms with Crippen LogP contribution in [0.5, 0.6) is 0 Å². The minimum absolute atomic E-state index is 0.521. The van der Waals surface area contributed by atoms with Gasteiger partial charge in [-0.25, -0.2) is 0 Å². The van der Waals surface area contributed by atoms with E-state index < -0.39 is 0 Å². The van der Waals surface area contributed by atoms with E-state index in [1.807, 2.05) is 6.07 Å². The van der Waals surface area contributed by atoms with Crippen LogP contribution in [0, 0.1) is 0 Å². The molecular weight excluding hydrogens is 150 g/mol. The average Bonchev–Trinajstić information content (AvgIpc) is 2.15. The molecule has 0 unspecified atom stereocenters. The molecule has 2 heteroatoms. The first kappa shape index (κ1) is 8.78. The molecule has 0 aromatic carbocycles. The van der Waals surface area contributed by atoms with Crippen LogP contribution in [0.4, 0.5) is 0 Å². The molecule has 0 aliphatic carbocycles. The summed E-state index contributed by atoms with van der Waals surface area (Å²) in [6.45, 7) is 6.11. The molecule has 12 heavy (non-hydrogen) atoms. The Bertz CT molecular complexity index is 258. The Labute approximate surface area is 72.9 Å². The second-order valence-corrected chi connectivity index (χ2v) is 2.44. The molecule has 0 spiro atoms. The van der Waals surface area contributed by atoms with Gasteiger partial charge in [0, 0.05) is 6.20 Å². The lowest BCUT2D eigenvalue weighted by Gasteiger charge is -2.04. The number of hydrogen-bond donors (Lipinski definition) is 0. The summed E-state index contributed by atoms with van der Waals surface area (Å²) < 4.78 is 5.06. The van der Waals surface area contributed by atoms with Gasteiger partial charge in [-0.1, -0.05) is 19.6 Å². The Morgan fingerprint density at radius 3 is 3.17 bits per heavy atom. The highest BCUT2D eigenvalue weighted by Crippen LogP contribution is 2.06. The van der Waals surface area contributed by atoms with Gasteiger partial charge >= 0.3 is 0 Å². The van der Waals surface area contributed by atoms with Crippen molar-refractivity contribution in [2.24, 2.45) is 0 Å². The van der Waals surface area contributed by atoms with Gasteiger partial charge in [-0.3, -0.25) is 4.98 Å². The van der Waals surface area contributed by atoms with Crippen LogP contribution >= 0.6 is 0 Å². The SMILES string of the molecule is C=COCc1ncccc1CC. The Morgan fingerprint density at radius 1 is 1.67 bits per heavy atom. The monoisotopic (exact) mass is 163 g/mol. The standard InChI is InChI=1S/C10H13NO/c1-3-9-6-5-7-11-10(9)8-12-4-2/h4-7H,2-3,8H2,1H3. The topological polar surface area (TPSA) is 22.1 Å².